The van der Waals surface area contributed by atoms with Gasteiger partial charge in [-0.3, -0.25) is 4.79 Å². The summed E-state index contributed by atoms with van der Waals surface area (Å²) in [6.45, 7) is 1.66. The van der Waals surface area contributed by atoms with Crippen molar-refractivity contribution in [1.82, 2.24) is 15.3 Å². The predicted molar refractivity (Wildman–Crippen MR) is 71.1 cm³/mol. The first kappa shape index (κ1) is 15.7. The van der Waals surface area contributed by atoms with Crippen LogP contribution < -0.4 is 10.1 Å². The van der Waals surface area contributed by atoms with Crippen LogP contribution in [0.1, 0.15) is 21.6 Å². The Balaban J connectivity index is 1.99. The van der Waals surface area contributed by atoms with Crippen LogP contribution >= 0.6 is 0 Å². The summed E-state index contributed by atoms with van der Waals surface area (Å²) in [6, 6.07) is 5.64. The highest BCUT2D eigenvalue weighted by Gasteiger charge is 2.31. The smallest absolute Gasteiger partial charge is 0.406 e. The summed E-state index contributed by atoms with van der Waals surface area (Å²) in [6.07, 6.45) is -2.04. The fourth-order valence-corrected chi connectivity index (χ4v) is 1.76. The van der Waals surface area contributed by atoms with Gasteiger partial charge < -0.3 is 10.1 Å². The molecule has 0 aliphatic carbocycles. The number of nitrogens with zero attached hydrogens (tertiary/aromatic N) is 2. The number of amides is 1. The van der Waals surface area contributed by atoms with Crippen LogP contribution in [0.25, 0.3) is 0 Å². The summed E-state index contributed by atoms with van der Waals surface area (Å²) in [5.41, 5.74) is 1.18. The Morgan fingerprint density at radius 2 is 2.09 bits per heavy atom. The Hall–Kier alpha value is -2.64. The first-order valence-corrected chi connectivity index (χ1v) is 6.24. The number of carbonyl (C=O) groups excluding carboxylic acids is 1. The van der Waals surface area contributed by atoms with Crippen molar-refractivity contribution in [3.8, 4) is 5.75 Å². The van der Waals surface area contributed by atoms with Crippen molar-refractivity contribution >= 4 is 5.91 Å². The van der Waals surface area contributed by atoms with E-state index in [1.165, 1.54) is 43.7 Å². The maximum Gasteiger partial charge on any atom is 0.573 e. The Bertz CT molecular complexity index is 660. The maximum absolute atomic E-state index is 12.2. The van der Waals surface area contributed by atoms with Gasteiger partial charge in [0.2, 0.25) is 0 Å². The van der Waals surface area contributed by atoms with Crippen LogP contribution in [0.3, 0.4) is 0 Å². The second-order valence-electron chi connectivity index (χ2n) is 4.42. The lowest BCUT2D eigenvalue weighted by Gasteiger charge is -2.12. The molecule has 1 heterocycles. The minimum atomic E-state index is -4.73. The molecular weight excluding hydrogens is 299 g/mol. The van der Waals surface area contributed by atoms with E-state index >= 15 is 0 Å². The molecule has 1 aromatic carbocycles. The lowest BCUT2D eigenvalue weighted by molar-refractivity contribution is -0.274. The lowest BCUT2D eigenvalue weighted by Crippen LogP contribution is -2.24. The third-order valence-corrected chi connectivity index (χ3v) is 2.73. The van der Waals surface area contributed by atoms with E-state index in [9.17, 15) is 18.0 Å². The van der Waals surface area contributed by atoms with Crippen molar-refractivity contribution < 1.29 is 22.7 Å². The molecule has 0 spiro atoms. The Morgan fingerprint density at radius 3 is 2.68 bits per heavy atom. The van der Waals surface area contributed by atoms with Crippen molar-refractivity contribution in [2.45, 2.75) is 19.8 Å². The molecule has 5 nitrogen and oxygen atoms in total. The quantitative estimate of drug-likeness (QED) is 0.942. The number of carbonyl (C=O) groups is 1. The number of nitrogens with one attached hydrogen (secondary N) is 1. The molecule has 0 saturated carbocycles. The average molecular weight is 311 g/mol. The highest BCUT2D eigenvalue weighted by molar-refractivity contribution is 5.91. The van der Waals surface area contributed by atoms with Crippen LogP contribution in [0.2, 0.25) is 0 Å². The number of rotatable bonds is 4. The summed E-state index contributed by atoms with van der Waals surface area (Å²) in [4.78, 5) is 19.3. The molecule has 2 aromatic rings. The number of aromatic nitrogens is 2. The van der Waals surface area contributed by atoms with E-state index in [2.05, 4.69) is 20.0 Å². The maximum atomic E-state index is 12.2. The largest absolute Gasteiger partial charge is 0.573 e. The SMILES string of the molecule is Cc1cc(CNC(=O)c2ccncn2)ccc1OC(F)(F)F. The molecule has 0 radical (unpaired) electrons. The Labute approximate surface area is 124 Å². The summed E-state index contributed by atoms with van der Waals surface area (Å²) in [5.74, 6) is -0.658. The van der Waals surface area contributed by atoms with Gasteiger partial charge in [-0.2, -0.15) is 0 Å². The topological polar surface area (TPSA) is 64.1 Å². The fourth-order valence-electron chi connectivity index (χ4n) is 1.76. The zero-order valence-corrected chi connectivity index (χ0v) is 11.5. The Morgan fingerprint density at radius 1 is 1.32 bits per heavy atom. The minimum absolute atomic E-state index is 0.163. The highest BCUT2D eigenvalue weighted by atomic mass is 19.4. The van der Waals surface area contributed by atoms with Gasteiger partial charge in [0.15, 0.2) is 0 Å². The lowest BCUT2D eigenvalue weighted by atomic mass is 10.1. The molecule has 2 rings (SSSR count). The van der Waals surface area contributed by atoms with E-state index in [0.717, 1.165) is 0 Å². The van der Waals surface area contributed by atoms with Crippen LogP contribution in [-0.2, 0) is 6.54 Å². The van der Waals surface area contributed by atoms with E-state index in [0.29, 0.717) is 11.1 Å². The number of aryl methyl sites for hydroxylation is 1. The third kappa shape index (κ3) is 4.44. The molecule has 0 unspecified atom stereocenters. The molecule has 1 amide bonds. The molecule has 116 valence electrons. The van der Waals surface area contributed by atoms with Gasteiger partial charge >= 0.3 is 6.36 Å². The van der Waals surface area contributed by atoms with Crippen molar-refractivity contribution in [2.24, 2.45) is 0 Å². The zero-order valence-electron chi connectivity index (χ0n) is 11.5. The number of hydrogen-bond acceptors (Lipinski definition) is 4. The number of benzene rings is 1. The van der Waals surface area contributed by atoms with Gasteiger partial charge in [0.1, 0.15) is 17.8 Å². The third-order valence-electron chi connectivity index (χ3n) is 2.73. The fraction of sp³-hybridized carbons (Fsp3) is 0.214. The summed E-state index contributed by atoms with van der Waals surface area (Å²) < 4.78 is 40.4. The van der Waals surface area contributed by atoms with Crippen molar-refractivity contribution in [3.63, 3.8) is 0 Å². The molecule has 1 N–H and O–H groups in total. The number of hydrogen-bond donors (Lipinski definition) is 1. The second-order valence-corrected chi connectivity index (χ2v) is 4.42. The molecule has 1 aromatic heterocycles. The van der Waals surface area contributed by atoms with Gasteiger partial charge in [-0.15, -0.1) is 13.2 Å². The number of halogens is 3. The summed E-state index contributed by atoms with van der Waals surface area (Å²) in [5, 5.41) is 2.62. The Kier molecular flexibility index (Phi) is 4.59. The minimum Gasteiger partial charge on any atom is -0.406 e. The molecular formula is C14H12F3N3O2. The molecule has 0 aliphatic heterocycles. The monoisotopic (exact) mass is 311 g/mol. The van der Waals surface area contributed by atoms with Crippen molar-refractivity contribution in [1.29, 1.82) is 0 Å². The molecule has 0 aliphatic rings. The molecule has 0 bridgehead atoms. The summed E-state index contributed by atoms with van der Waals surface area (Å²) >= 11 is 0. The second kappa shape index (κ2) is 6.42. The van der Waals surface area contributed by atoms with E-state index in [4.69, 9.17) is 0 Å². The average Bonchev–Trinajstić information content (AvgIpc) is 2.47. The van der Waals surface area contributed by atoms with Gasteiger partial charge in [-0.05, 0) is 30.2 Å². The molecule has 0 atom stereocenters. The standard InChI is InChI=1S/C14H12F3N3O2/c1-9-6-10(2-3-12(9)22-14(15,16)17)7-19-13(21)11-4-5-18-8-20-11/h2-6,8H,7H2,1H3,(H,19,21). The van der Waals surface area contributed by atoms with Crippen LogP contribution in [0.4, 0.5) is 13.2 Å². The van der Waals surface area contributed by atoms with Gasteiger partial charge in [-0.1, -0.05) is 12.1 Å². The van der Waals surface area contributed by atoms with Gasteiger partial charge in [0.05, 0.1) is 0 Å². The predicted octanol–water partition coefficient (Wildman–Crippen LogP) is 2.61. The zero-order chi connectivity index (χ0) is 16.2. The van der Waals surface area contributed by atoms with Crippen LogP contribution in [-0.4, -0.2) is 22.2 Å². The van der Waals surface area contributed by atoms with E-state index < -0.39 is 12.3 Å². The molecule has 0 saturated heterocycles. The highest BCUT2D eigenvalue weighted by Crippen LogP contribution is 2.26. The van der Waals surface area contributed by atoms with E-state index in [1.807, 2.05) is 0 Å². The molecule has 8 heteroatoms. The number of alkyl halides is 3. The van der Waals surface area contributed by atoms with Crippen LogP contribution in [0.15, 0.2) is 36.8 Å². The van der Waals surface area contributed by atoms with Gasteiger partial charge in [0.25, 0.3) is 5.91 Å². The molecule has 0 fully saturated rings. The normalized spacial score (nSPS) is 11.1. The van der Waals surface area contributed by atoms with E-state index in [1.54, 1.807) is 0 Å². The van der Waals surface area contributed by atoms with Crippen LogP contribution in [0, 0.1) is 6.92 Å². The van der Waals surface area contributed by atoms with E-state index in [-0.39, 0.29) is 18.0 Å². The van der Waals surface area contributed by atoms with Gasteiger partial charge in [0, 0.05) is 12.7 Å². The first-order chi connectivity index (χ1) is 10.3. The van der Waals surface area contributed by atoms with Crippen LogP contribution in [0.5, 0.6) is 5.75 Å². The first-order valence-electron chi connectivity index (χ1n) is 6.24. The number of ether oxygens (including phenoxy) is 1. The summed E-state index contributed by atoms with van der Waals surface area (Å²) in [7, 11) is 0. The molecule has 22 heavy (non-hydrogen) atoms. The van der Waals surface area contributed by atoms with Crippen molar-refractivity contribution in [3.05, 3.63) is 53.6 Å². The van der Waals surface area contributed by atoms with Gasteiger partial charge in [-0.25, -0.2) is 9.97 Å². The van der Waals surface area contributed by atoms with Crippen molar-refractivity contribution in [2.75, 3.05) is 0 Å².